The average Bonchev–Trinajstić information content (AvgIpc) is 2.45. The molecule has 8 heteroatoms. The highest BCUT2D eigenvalue weighted by Crippen LogP contribution is 2.30. The van der Waals surface area contributed by atoms with Crippen molar-refractivity contribution < 1.29 is 14.3 Å². The van der Waals surface area contributed by atoms with Crippen LogP contribution in [0.3, 0.4) is 0 Å². The fourth-order valence-corrected chi connectivity index (χ4v) is 4.00. The van der Waals surface area contributed by atoms with Gasteiger partial charge in [-0.2, -0.15) is 0 Å². The Bertz CT molecular complexity index is 797. The number of carbonyl (C=O) groups is 2. The third kappa shape index (κ3) is 4.94. The van der Waals surface area contributed by atoms with Crippen molar-refractivity contribution in [2.75, 3.05) is 5.32 Å². The SMILES string of the molecule is CC(=O)Oc1c(I)cc(I)cc1C(=O)Nc1ccc(Cl)c(Cl)c1. The van der Waals surface area contributed by atoms with Crippen molar-refractivity contribution in [2.45, 2.75) is 6.92 Å². The molecule has 0 unspecified atom stereocenters. The van der Waals surface area contributed by atoms with Crippen LogP contribution in [0.4, 0.5) is 5.69 Å². The predicted molar refractivity (Wildman–Crippen MR) is 108 cm³/mol. The molecule has 0 saturated heterocycles. The van der Waals surface area contributed by atoms with E-state index in [1.807, 2.05) is 28.7 Å². The van der Waals surface area contributed by atoms with Gasteiger partial charge in [0.1, 0.15) is 0 Å². The van der Waals surface area contributed by atoms with Gasteiger partial charge in [-0.15, -0.1) is 0 Å². The second-order valence-corrected chi connectivity index (χ2v) is 7.66. The summed E-state index contributed by atoms with van der Waals surface area (Å²) in [5.41, 5.74) is 0.759. The van der Waals surface area contributed by atoms with Gasteiger partial charge in [-0.1, -0.05) is 23.2 Å². The van der Waals surface area contributed by atoms with Gasteiger partial charge in [0.15, 0.2) is 5.75 Å². The maximum atomic E-state index is 12.5. The minimum Gasteiger partial charge on any atom is -0.425 e. The maximum Gasteiger partial charge on any atom is 0.308 e. The Hall–Kier alpha value is -0.580. The Morgan fingerprint density at radius 1 is 1.09 bits per heavy atom. The van der Waals surface area contributed by atoms with Crippen molar-refractivity contribution in [1.29, 1.82) is 0 Å². The first-order valence-electron chi connectivity index (χ1n) is 6.22. The van der Waals surface area contributed by atoms with E-state index in [-0.39, 0.29) is 11.3 Å². The summed E-state index contributed by atoms with van der Waals surface area (Å²) in [7, 11) is 0. The highest BCUT2D eigenvalue weighted by atomic mass is 127. The minimum absolute atomic E-state index is 0.232. The second kappa shape index (κ2) is 8.00. The normalized spacial score (nSPS) is 10.3. The summed E-state index contributed by atoms with van der Waals surface area (Å²) in [5, 5.41) is 3.45. The number of carbonyl (C=O) groups excluding carboxylic acids is 2. The fourth-order valence-electron chi connectivity index (χ4n) is 1.75. The Morgan fingerprint density at radius 2 is 1.78 bits per heavy atom. The largest absolute Gasteiger partial charge is 0.425 e. The topological polar surface area (TPSA) is 55.4 Å². The van der Waals surface area contributed by atoms with Gasteiger partial charge >= 0.3 is 5.97 Å². The molecule has 0 atom stereocenters. The van der Waals surface area contributed by atoms with Gasteiger partial charge in [-0.3, -0.25) is 9.59 Å². The first-order valence-corrected chi connectivity index (χ1v) is 9.13. The van der Waals surface area contributed by atoms with Gasteiger partial charge in [-0.25, -0.2) is 0 Å². The van der Waals surface area contributed by atoms with Crippen LogP contribution in [0, 0.1) is 7.14 Å². The van der Waals surface area contributed by atoms with Crippen molar-refractivity contribution in [1.82, 2.24) is 0 Å². The van der Waals surface area contributed by atoms with Crippen LogP contribution in [0.2, 0.25) is 10.0 Å². The van der Waals surface area contributed by atoms with E-state index in [1.54, 1.807) is 24.3 Å². The number of nitrogens with one attached hydrogen (secondary N) is 1. The lowest BCUT2D eigenvalue weighted by Gasteiger charge is -2.12. The monoisotopic (exact) mass is 575 g/mol. The molecule has 0 saturated carbocycles. The predicted octanol–water partition coefficient (Wildman–Crippen LogP) is 5.38. The van der Waals surface area contributed by atoms with E-state index in [9.17, 15) is 9.59 Å². The molecule has 0 spiro atoms. The number of benzene rings is 2. The molecule has 1 amide bonds. The Labute approximate surface area is 170 Å². The summed E-state index contributed by atoms with van der Waals surface area (Å²) in [6.07, 6.45) is 0. The van der Waals surface area contributed by atoms with Crippen molar-refractivity contribution in [3.63, 3.8) is 0 Å². The zero-order valence-corrected chi connectivity index (χ0v) is 17.5. The zero-order valence-electron chi connectivity index (χ0n) is 11.6. The number of halogens is 4. The first kappa shape index (κ1) is 18.8. The Balaban J connectivity index is 2.37. The lowest BCUT2D eigenvalue weighted by Crippen LogP contribution is -2.16. The first-order chi connectivity index (χ1) is 10.8. The third-order valence-electron chi connectivity index (χ3n) is 2.68. The molecular weight excluding hydrogens is 567 g/mol. The minimum atomic E-state index is -0.493. The van der Waals surface area contributed by atoms with Gasteiger partial charge in [0.25, 0.3) is 5.91 Å². The third-order valence-corrected chi connectivity index (χ3v) is 4.84. The van der Waals surface area contributed by atoms with Crippen molar-refractivity contribution >= 4 is 85.9 Å². The van der Waals surface area contributed by atoms with Crippen LogP contribution in [-0.4, -0.2) is 11.9 Å². The van der Waals surface area contributed by atoms with Gasteiger partial charge < -0.3 is 10.1 Å². The maximum absolute atomic E-state index is 12.5. The molecule has 2 aromatic carbocycles. The number of esters is 1. The molecule has 0 bridgehead atoms. The highest BCUT2D eigenvalue weighted by Gasteiger charge is 2.19. The van der Waals surface area contributed by atoms with Gasteiger partial charge in [0, 0.05) is 16.2 Å². The second-order valence-electron chi connectivity index (χ2n) is 4.44. The van der Waals surface area contributed by atoms with E-state index in [0.29, 0.717) is 19.3 Å². The number of rotatable bonds is 3. The number of ether oxygens (including phenoxy) is 1. The molecule has 0 aliphatic heterocycles. The summed E-state index contributed by atoms with van der Waals surface area (Å²) in [6.45, 7) is 1.29. The van der Waals surface area contributed by atoms with Crippen LogP contribution < -0.4 is 10.1 Å². The van der Waals surface area contributed by atoms with Gasteiger partial charge in [-0.05, 0) is 75.5 Å². The molecule has 2 aromatic rings. The van der Waals surface area contributed by atoms with E-state index in [1.165, 1.54) is 6.92 Å². The van der Waals surface area contributed by atoms with E-state index in [4.69, 9.17) is 27.9 Å². The van der Waals surface area contributed by atoms with Crippen molar-refractivity contribution in [3.05, 3.63) is 53.1 Å². The molecule has 0 aromatic heterocycles. The lowest BCUT2D eigenvalue weighted by atomic mass is 10.2. The lowest BCUT2D eigenvalue weighted by molar-refractivity contribution is -0.131. The molecule has 0 aliphatic carbocycles. The molecule has 1 N–H and O–H groups in total. The van der Waals surface area contributed by atoms with Gasteiger partial charge in [0.2, 0.25) is 0 Å². The van der Waals surface area contributed by atoms with E-state index in [2.05, 4.69) is 27.9 Å². The molecule has 4 nitrogen and oxygen atoms in total. The number of anilines is 1. The molecule has 0 radical (unpaired) electrons. The zero-order chi connectivity index (χ0) is 17.1. The summed E-state index contributed by atoms with van der Waals surface area (Å²) in [6, 6.07) is 8.23. The van der Waals surface area contributed by atoms with Crippen LogP contribution in [0.15, 0.2) is 30.3 Å². The molecule has 23 heavy (non-hydrogen) atoms. The van der Waals surface area contributed by atoms with Crippen LogP contribution in [0.5, 0.6) is 5.75 Å². The Kier molecular flexibility index (Phi) is 6.52. The molecule has 0 aliphatic rings. The average molecular weight is 576 g/mol. The fraction of sp³-hybridized carbons (Fsp3) is 0.0667. The molecular formula is C15H9Cl2I2NO3. The smallest absolute Gasteiger partial charge is 0.308 e. The van der Waals surface area contributed by atoms with Crippen LogP contribution in [0.25, 0.3) is 0 Å². The standard InChI is InChI=1S/C15H9Cl2I2NO3/c1-7(21)23-14-10(4-8(18)5-13(14)19)15(22)20-9-2-3-11(16)12(17)6-9/h2-6H,1H3,(H,20,22). The number of hydrogen-bond donors (Lipinski definition) is 1. The van der Waals surface area contributed by atoms with Crippen LogP contribution in [0.1, 0.15) is 17.3 Å². The summed E-state index contributed by atoms with van der Waals surface area (Å²) >= 11 is 15.9. The van der Waals surface area contributed by atoms with Crippen molar-refractivity contribution in [2.24, 2.45) is 0 Å². The quantitative estimate of drug-likeness (QED) is 0.304. The molecule has 120 valence electrons. The molecule has 2 rings (SSSR count). The van der Waals surface area contributed by atoms with Crippen LogP contribution in [-0.2, 0) is 4.79 Å². The molecule has 0 heterocycles. The van der Waals surface area contributed by atoms with E-state index in [0.717, 1.165) is 3.57 Å². The summed E-state index contributed by atoms with van der Waals surface area (Å²) in [5.74, 6) is -0.667. The summed E-state index contributed by atoms with van der Waals surface area (Å²) < 4.78 is 6.69. The highest BCUT2D eigenvalue weighted by molar-refractivity contribution is 14.1. The number of amides is 1. The van der Waals surface area contributed by atoms with E-state index >= 15 is 0 Å². The van der Waals surface area contributed by atoms with Gasteiger partial charge in [0.05, 0.1) is 19.2 Å². The van der Waals surface area contributed by atoms with E-state index < -0.39 is 11.9 Å². The number of hydrogen-bond acceptors (Lipinski definition) is 3. The van der Waals surface area contributed by atoms with Crippen LogP contribution >= 0.6 is 68.4 Å². The summed E-state index contributed by atoms with van der Waals surface area (Å²) in [4.78, 5) is 23.8. The Morgan fingerprint density at radius 3 is 2.39 bits per heavy atom. The molecule has 0 fully saturated rings. The van der Waals surface area contributed by atoms with Crippen molar-refractivity contribution in [3.8, 4) is 5.75 Å².